The molecule has 0 radical (unpaired) electrons. The molecule has 27 heavy (non-hydrogen) atoms. The summed E-state index contributed by atoms with van der Waals surface area (Å²) in [5.74, 6) is 2.52. The van der Waals surface area contributed by atoms with E-state index in [2.05, 4.69) is 57.7 Å². The van der Waals surface area contributed by atoms with Crippen molar-refractivity contribution in [2.45, 2.75) is 19.8 Å². The Hall–Kier alpha value is -3.08. The van der Waals surface area contributed by atoms with E-state index in [4.69, 9.17) is 9.72 Å². The molecule has 0 spiro atoms. The number of aromatic nitrogens is 2. The fourth-order valence-corrected chi connectivity index (χ4v) is 3.49. The van der Waals surface area contributed by atoms with Crippen LogP contribution in [0.15, 0.2) is 54.6 Å². The third-order valence-corrected chi connectivity index (χ3v) is 4.84. The minimum absolute atomic E-state index is 0.678. The number of hydrogen-bond donors (Lipinski definition) is 1. The first kappa shape index (κ1) is 17.3. The molecule has 2 heterocycles. The van der Waals surface area contributed by atoms with Crippen molar-refractivity contribution in [3.63, 3.8) is 0 Å². The zero-order valence-electron chi connectivity index (χ0n) is 15.8. The molecule has 0 atom stereocenters. The molecule has 3 aromatic rings. The standard InChI is InChI=1S/C22H24N4O/c1-16-14-21(26-13-11-18-7-3-4-9-20(18)26)25-22(24-16)23-12-10-17-6-5-8-19(15-17)27-2/h3-9,14-15H,10-13H2,1-2H3,(H,23,24,25). The number of aryl methyl sites for hydroxylation is 1. The van der Waals surface area contributed by atoms with Crippen molar-refractivity contribution in [1.29, 1.82) is 0 Å². The van der Waals surface area contributed by atoms with E-state index in [-0.39, 0.29) is 0 Å². The third-order valence-electron chi connectivity index (χ3n) is 4.84. The topological polar surface area (TPSA) is 50.3 Å². The Bertz CT molecular complexity index is 941. The highest BCUT2D eigenvalue weighted by Gasteiger charge is 2.21. The van der Waals surface area contributed by atoms with E-state index in [1.807, 2.05) is 19.1 Å². The van der Waals surface area contributed by atoms with Crippen LogP contribution in [0, 0.1) is 6.92 Å². The molecule has 1 aliphatic heterocycles. The summed E-state index contributed by atoms with van der Waals surface area (Å²) in [4.78, 5) is 11.6. The quantitative estimate of drug-likeness (QED) is 0.716. The summed E-state index contributed by atoms with van der Waals surface area (Å²) >= 11 is 0. The van der Waals surface area contributed by atoms with Gasteiger partial charge >= 0.3 is 0 Å². The van der Waals surface area contributed by atoms with E-state index < -0.39 is 0 Å². The van der Waals surface area contributed by atoms with Crippen molar-refractivity contribution in [1.82, 2.24) is 9.97 Å². The second-order valence-corrected chi connectivity index (χ2v) is 6.75. The molecule has 1 N–H and O–H groups in total. The first-order valence-corrected chi connectivity index (χ1v) is 9.31. The van der Waals surface area contributed by atoms with Gasteiger partial charge in [-0.15, -0.1) is 0 Å². The van der Waals surface area contributed by atoms with E-state index in [1.165, 1.54) is 16.8 Å². The summed E-state index contributed by atoms with van der Waals surface area (Å²) in [5.41, 5.74) is 4.82. The minimum atomic E-state index is 0.678. The molecule has 0 aliphatic carbocycles. The molecule has 0 unspecified atom stereocenters. The Kier molecular flexibility index (Phi) is 4.92. The van der Waals surface area contributed by atoms with Crippen LogP contribution in [-0.4, -0.2) is 30.2 Å². The third kappa shape index (κ3) is 3.87. The second-order valence-electron chi connectivity index (χ2n) is 6.75. The molecule has 4 rings (SSSR count). The molecule has 5 heteroatoms. The van der Waals surface area contributed by atoms with Crippen LogP contribution in [0.4, 0.5) is 17.5 Å². The van der Waals surface area contributed by atoms with Crippen LogP contribution in [-0.2, 0) is 12.8 Å². The van der Waals surface area contributed by atoms with Gasteiger partial charge in [0.25, 0.3) is 0 Å². The number of rotatable bonds is 6. The van der Waals surface area contributed by atoms with Crippen LogP contribution in [0.5, 0.6) is 5.75 Å². The maximum Gasteiger partial charge on any atom is 0.224 e. The lowest BCUT2D eigenvalue weighted by Gasteiger charge is -2.19. The van der Waals surface area contributed by atoms with Gasteiger partial charge in [0.15, 0.2) is 0 Å². The second kappa shape index (κ2) is 7.66. The fourth-order valence-electron chi connectivity index (χ4n) is 3.49. The molecule has 1 aliphatic rings. The lowest BCUT2D eigenvalue weighted by atomic mass is 10.1. The van der Waals surface area contributed by atoms with Gasteiger partial charge in [-0.3, -0.25) is 0 Å². The monoisotopic (exact) mass is 360 g/mol. The highest BCUT2D eigenvalue weighted by Crippen LogP contribution is 2.33. The Morgan fingerprint density at radius 2 is 1.96 bits per heavy atom. The van der Waals surface area contributed by atoms with E-state index in [9.17, 15) is 0 Å². The molecular weight excluding hydrogens is 336 g/mol. The highest BCUT2D eigenvalue weighted by atomic mass is 16.5. The van der Waals surface area contributed by atoms with Crippen molar-refractivity contribution in [2.75, 3.05) is 30.4 Å². The van der Waals surface area contributed by atoms with Crippen LogP contribution in [0.3, 0.4) is 0 Å². The number of anilines is 3. The van der Waals surface area contributed by atoms with Crippen molar-refractivity contribution in [3.05, 3.63) is 71.4 Å². The highest BCUT2D eigenvalue weighted by molar-refractivity contribution is 5.68. The number of fused-ring (bicyclic) bond motifs is 1. The van der Waals surface area contributed by atoms with Gasteiger partial charge < -0.3 is 15.0 Å². The molecule has 0 saturated heterocycles. The van der Waals surface area contributed by atoms with Gasteiger partial charge in [0, 0.05) is 30.5 Å². The van der Waals surface area contributed by atoms with Crippen molar-refractivity contribution >= 4 is 17.5 Å². The van der Waals surface area contributed by atoms with Gasteiger partial charge in [-0.25, -0.2) is 4.98 Å². The Morgan fingerprint density at radius 3 is 2.85 bits per heavy atom. The summed E-state index contributed by atoms with van der Waals surface area (Å²) < 4.78 is 5.29. The molecule has 2 aromatic carbocycles. The zero-order chi connectivity index (χ0) is 18.6. The molecule has 0 bridgehead atoms. The molecule has 0 fully saturated rings. The van der Waals surface area contributed by atoms with Gasteiger partial charge in [-0.1, -0.05) is 30.3 Å². The van der Waals surface area contributed by atoms with Crippen LogP contribution in [0.2, 0.25) is 0 Å². The lowest BCUT2D eigenvalue weighted by Crippen LogP contribution is -2.17. The van der Waals surface area contributed by atoms with E-state index >= 15 is 0 Å². The maximum absolute atomic E-state index is 5.29. The van der Waals surface area contributed by atoms with Gasteiger partial charge in [-0.2, -0.15) is 4.98 Å². The molecular formula is C22H24N4O. The van der Waals surface area contributed by atoms with Crippen LogP contribution in [0.25, 0.3) is 0 Å². The van der Waals surface area contributed by atoms with Crippen molar-refractivity contribution in [2.24, 2.45) is 0 Å². The summed E-state index contributed by atoms with van der Waals surface area (Å²) in [6, 6.07) is 18.7. The molecule has 5 nitrogen and oxygen atoms in total. The summed E-state index contributed by atoms with van der Waals surface area (Å²) in [7, 11) is 1.69. The Labute approximate surface area is 160 Å². The summed E-state index contributed by atoms with van der Waals surface area (Å²) in [5, 5.41) is 3.37. The fraction of sp³-hybridized carbons (Fsp3) is 0.273. The first-order valence-electron chi connectivity index (χ1n) is 9.31. The number of para-hydroxylation sites is 1. The van der Waals surface area contributed by atoms with Gasteiger partial charge in [-0.05, 0) is 49.1 Å². The van der Waals surface area contributed by atoms with E-state index in [0.717, 1.165) is 43.2 Å². The predicted molar refractivity (Wildman–Crippen MR) is 109 cm³/mol. The zero-order valence-corrected chi connectivity index (χ0v) is 15.8. The molecule has 0 saturated carbocycles. The molecule has 138 valence electrons. The van der Waals surface area contributed by atoms with Crippen LogP contribution in [0.1, 0.15) is 16.8 Å². The van der Waals surface area contributed by atoms with Crippen molar-refractivity contribution in [3.8, 4) is 5.75 Å². The summed E-state index contributed by atoms with van der Waals surface area (Å²) in [6.45, 7) is 3.74. The smallest absolute Gasteiger partial charge is 0.224 e. The van der Waals surface area contributed by atoms with Gasteiger partial charge in [0.2, 0.25) is 5.95 Å². The number of hydrogen-bond acceptors (Lipinski definition) is 5. The molecule has 1 aromatic heterocycles. The van der Waals surface area contributed by atoms with Crippen molar-refractivity contribution < 1.29 is 4.74 Å². The van der Waals surface area contributed by atoms with E-state index in [0.29, 0.717) is 5.95 Å². The predicted octanol–water partition coefficient (Wildman–Crippen LogP) is 4.14. The van der Waals surface area contributed by atoms with Gasteiger partial charge in [0.1, 0.15) is 11.6 Å². The molecule has 0 amide bonds. The maximum atomic E-state index is 5.29. The van der Waals surface area contributed by atoms with Crippen LogP contribution < -0.4 is 15.0 Å². The number of methoxy groups -OCH3 is 1. The number of ether oxygens (including phenoxy) is 1. The number of nitrogens with zero attached hydrogens (tertiary/aromatic N) is 3. The average molecular weight is 360 g/mol. The van der Waals surface area contributed by atoms with Crippen LogP contribution >= 0.6 is 0 Å². The summed E-state index contributed by atoms with van der Waals surface area (Å²) in [6.07, 6.45) is 1.94. The van der Waals surface area contributed by atoms with Gasteiger partial charge in [0.05, 0.1) is 7.11 Å². The first-order chi connectivity index (χ1) is 13.2. The Balaban J connectivity index is 1.47. The SMILES string of the molecule is COc1cccc(CCNc2nc(C)cc(N3CCc4ccccc43)n2)c1. The largest absolute Gasteiger partial charge is 0.497 e. The number of benzene rings is 2. The normalized spacial score (nSPS) is 12.7. The average Bonchev–Trinajstić information content (AvgIpc) is 3.12. The number of nitrogens with one attached hydrogen (secondary N) is 1. The van der Waals surface area contributed by atoms with E-state index in [1.54, 1.807) is 7.11 Å². The minimum Gasteiger partial charge on any atom is -0.497 e. The lowest BCUT2D eigenvalue weighted by molar-refractivity contribution is 0.414. The Morgan fingerprint density at radius 1 is 1.07 bits per heavy atom.